The molecule has 3 heterocycles. The summed E-state index contributed by atoms with van der Waals surface area (Å²) in [5, 5.41) is 14.3. The lowest BCUT2D eigenvalue weighted by Crippen LogP contribution is -2.71. The van der Waals surface area contributed by atoms with Crippen molar-refractivity contribution in [2.75, 3.05) is 19.2 Å². The summed E-state index contributed by atoms with van der Waals surface area (Å²) in [6.45, 7) is 6.08. The fourth-order valence-electron chi connectivity index (χ4n) is 4.20. The third-order valence-electron chi connectivity index (χ3n) is 5.88. The van der Waals surface area contributed by atoms with E-state index in [0.717, 1.165) is 4.90 Å². The third-order valence-corrected chi connectivity index (χ3v) is 7.22. The molecule has 4 rings (SSSR count). The number of hydrogen-bond donors (Lipinski definition) is 3. The number of benzene rings is 1. The number of fused-ring (bicyclic) bond motifs is 2. The van der Waals surface area contributed by atoms with Crippen molar-refractivity contribution in [2.24, 2.45) is 0 Å². The van der Waals surface area contributed by atoms with Crippen molar-refractivity contribution >= 4 is 41.6 Å². The molecule has 14 heteroatoms. The molecule has 3 atom stereocenters. The lowest BCUT2D eigenvalue weighted by Gasteiger charge is -2.49. The van der Waals surface area contributed by atoms with Crippen molar-refractivity contribution in [1.82, 2.24) is 15.5 Å². The summed E-state index contributed by atoms with van der Waals surface area (Å²) in [6.07, 6.45) is -0.764. The molecule has 3 amide bonds. The maximum Gasteiger partial charge on any atom is 0.408 e. The zero-order chi connectivity index (χ0) is 28.5. The van der Waals surface area contributed by atoms with Gasteiger partial charge in [0, 0.05) is 24.7 Å². The quantitative estimate of drug-likeness (QED) is 0.306. The van der Waals surface area contributed by atoms with E-state index in [1.807, 2.05) is 0 Å². The lowest BCUT2D eigenvalue weighted by molar-refractivity contribution is -0.151. The molecule has 1 aromatic carbocycles. The number of nitrogens with zero attached hydrogens (tertiary/aromatic N) is 1. The highest BCUT2D eigenvalue weighted by Gasteiger charge is 2.54. The molecule has 1 fully saturated rings. The van der Waals surface area contributed by atoms with E-state index in [-0.39, 0.29) is 36.8 Å². The first-order valence-corrected chi connectivity index (χ1v) is 13.1. The first-order chi connectivity index (χ1) is 18.3. The van der Waals surface area contributed by atoms with E-state index >= 15 is 0 Å². The monoisotopic (exact) mass is 563 g/mol. The number of rotatable bonds is 8. The van der Waals surface area contributed by atoms with Crippen LogP contribution >= 0.6 is 11.8 Å². The summed E-state index contributed by atoms with van der Waals surface area (Å²) in [4.78, 5) is 63.1. The van der Waals surface area contributed by atoms with E-state index in [1.165, 1.54) is 18.7 Å². The van der Waals surface area contributed by atoms with Gasteiger partial charge in [0.25, 0.3) is 5.91 Å². The number of esters is 1. The Bertz CT molecular complexity index is 1240. The molecule has 13 nitrogen and oxygen atoms in total. The summed E-state index contributed by atoms with van der Waals surface area (Å²) < 4.78 is 21.0. The van der Waals surface area contributed by atoms with Gasteiger partial charge < -0.3 is 34.7 Å². The molecule has 3 aliphatic rings. The predicted octanol–water partition coefficient (Wildman–Crippen LogP) is 1.15. The Morgan fingerprint density at radius 3 is 2.59 bits per heavy atom. The minimum absolute atomic E-state index is 0.0525. The fourth-order valence-corrected chi connectivity index (χ4v) is 5.53. The molecular weight excluding hydrogens is 534 g/mol. The van der Waals surface area contributed by atoms with Crippen LogP contribution in [0.1, 0.15) is 33.3 Å². The normalized spacial score (nSPS) is 20.4. The molecule has 0 bridgehead atoms. The highest BCUT2D eigenvalue weighted by Crippen LogP contribution is 2.40. The third kappa shape index (κ3) is 6.38. The van der Waals surface area contributed by atoms with E-state index in [9.17, 15) is 29.1 Å². The van der Waals surface area contributed by atoms with Gasteiger partial charge in [-0.1, -0.05) is 6.07 Å². The summed E-state index contributed by atoms with van der Waals surface area (Å²) in [5.41, 5.74) is -0.130. The van der Waals surface area contributed by atoms with Gasteiger partial charge in [-0.2, -0.15) is 0 Å². The van der Waals surface area contributed by atoms with Crippen molar-refractivity contribution in [3.63, 3.8) is 0 Å². The van der Waals surface area contributed by atoms with Gasteiger partial charge in [-0.3, -0.25) is 19.3 Å². The highest BCUT2D eigenvalue weighted by molar-refractivity contribution is 8.00. The molecule has 39 heavy (non-hydrogen) atoms. The molecule has 0 radical (unpaired) electrons. The number of carbonyl (C=O) groups is 5. The van der Waals surface area contributed by atoms with Crippen LogP contribution in [0.2, 0.25) is 0 Å². The topological polar surface area (TPSA) is 170 Å². The van der Waals surface area contributed by atoms with Gasteiger partial charge in [0.2, 0.25) is 12.7 Å². The highest BCUT2D eigenvalue weighted by atomic mass is 32.2. The van der Waals surface area contributed by atoms with Crippen molar-refractivity contribution < 1.29 is 48.0 Å². The zero-order valence-corrected chi connectivity index (χ0v) is 22.6. The Kier molecular flexibility index (Phi) is 7.95. The fraction of sp³-hybridized carbons (Fsp3) is 0.480. The number of hydrogen-bond acceptors (Lipinski definition) is 10. The second-order valence-corrected chi connectivity index (χ2v) is 11.1. The van der Waals surface area contributed by atoms with Crippen LogP contribution in [0.3, 0.4) is 0 Å². The van der Waals surface area contributed by atoms with Crippen LogP contribution in [0.15, 0.2) is 29.5 Å². The second-order valence-electron chi connectivity index (χ2n) is 10.0. The Hall–Kier alpha value is -3.94. The van der Waals surface area contributed by atoms with Crippen LogP contribution in [-0.2, 0) is 35.1 Å². The smallest absolute Gasteiger partial charge is 0.408 e. The van der Waals surface area contributed by atoms with Crippen LogP contribution in [0.4, 0.5) is 4.79 Å². The van der Waals surface area contributed by atoms with Crippen LogP contribution in [0.5, 0.6) is 11.5 Å². The molecule has 0 aromatic heterocycles. The van der Waals surface area contributed by atoms with Gasteiger partial charge in [-0.05, 0) is 38.5 Å². The van der Waals surface area contributed by atoms with E-state index in [2.05, 4.69) is 10.6 Å². The average molecular weight is 564 g/mol. The first kappa shape index (κ1) is 28.1. The Balaban J connectivity index is 1.49. The molecule has 210 valence electrons. The number of β-lactam (4-membered cyclic amide) rings is 1. The number of aliphatic carboxylic acids is 1. The Labute approximate surface area is 228 Å². The first-order valence-electron chi connectivity index (χ1n) is 12.1. The number of thioether (sulfide) groups is 1. The van der Waals surface area contributed by atoms with Crippen LogP contribution < -0.4 is 20.1 Å². The van der Waals surface area contributed by atoms with Crippen molar-refractivity contribution in [1.29, 1.82) is 0 Å². The molecule has 1 aromatic rings. The van der Waals surface area contributed by atoms with Gasteiger partial charge in [0.1, 0.15) is 35.4 Å². The number of carboxylic acids is 1. The Morgan fingerprint density at radius 2 is 1.92 bits per heavy atom. The number of carboxylic acid groups (broad SMARTS) is 1. The SMILES string of the molecule is CC(=O)OCC1=C(C(=O)O)N2C(=O)[C@@H](NC(=O)C(Cc3ccc4c(c3)OCO4)NC(=O)OC(C)(C)C)[C@H]2SC1. The molecular formula is C25H29N3O10S. The molecule has 3 aliphatic heterocycles. The molecule has 1 unspecified atom stereocenters. The van der Waals surface area contributed by atoms with Crippen molar-refractivity contribution in [3.05, 3.63) is 35.0 Å². The predicted molar refractivity (Wildman–Crippen MR) is 136 cm³/mol. The van der Waals surface area contributed by atoms with Gasteiger partial charge in [-0.25, -0.2) is 9.59 Å². The van der Waals surface area contributed by atoms with Crippen LogP contribution in [-0.4, -0.2) is 82.1 Å². The van der Waals surface area contributed by atoms with E-state index in [1.54, 1.807) is 39.0 Å². The number of nitrogens with one attached hydrogen (secondary N) is 2. The van der Waals surface area contributed by atoms with Crippen molar-refractivity contribution in [2.45, 2.75) is 57.2 Å². The minimum atomic E-state index is -1.34. The molecule has 0 aliphatic carbocycles. The Morgan fingerprint density at radius 1 is 1.21 bits per heavy atom. The van der Waals surface area contributed by atoms with E-state index in [0.29, 0.717) is 17.1 Å². The van der Waals surface area contributed by atoms with Crippen molar-refractivity contribution in [3.8, 4) is 11.5 Å². The van der Waals surface area contributed by atoms with Crippen LogP contribution in [0, 0.1) is 0 Å². The average Bonchev–Trinajstić information content (AvgIpc) is 3.31. The standard InChI is InChI=1S/C25H29N3O10S/c1-12(29)35-9-14-10-39-22-18(21(31)28(22)19(14)23(32)33)27-20(30)15(26-24(34)38-25(2,3)4)7-13-5-6-16-17(8-13)37-11-36-16/h5-6,8,15,18,22H,7,9-11H2,1-4H3,(H,26,34)(H,27,30)(H,32,33)/t15?,18-,22-/m1/s1. The van der Waals surface area contributed by atoms with Gasteiger partial charge in [0.05, 0.1) is 0 Å². The summed E-state index contributed by atoms with van der Waals surface area (Å²) in [5.74, 6) is -1.94. The van der Waals surface area contributed by atoms with Gasteiger partial charge >= 0.3 is 18.0 Å². The number of alkyl carbamates (subject to hydrolysis) is 1. The molecule has 0 saturated carbocycles. The number of amides is 3. The zero-order valence-electron chi connectivity index (χ0n) is 21.8. The van der Waals surface area contributed by atoms with Crippen LogP contribution in [0.25, 0.3) is 0 Å². The second kappa shape index (κ2) is 11.0. The number of carbonyl (C=O) groups excluding carboxylic acids is 4. The maximum absolute atomic E-state index is 13.4. The van der Waals surface area contributed by atoms with Gasteiger partial charge in [-0.15, -0.1) is 11.8 Å². The molecule has 3 N–H and O–H groups in total. The molecule has 1 saturated heterocycles. The lowest BCUT2D eigenvalue weighted by atomic mass is 10.0. The summed E-state index contributed by atoms with van der Waals surface area (Å²) >= 11 is 1.23. The number of ether oxygens (including phenoxy) is 4. The minimum Gasteiger partial charge on any atom is -0.477 e. The largest absolute Gasteiger partial charge is 0.477 e. The summed E-state index contributed by atoms with van der Waals surface area (Å²) in [7, 11) is 0. The van der Waals surface area contributed by atoms with E-state index < -0.39 is 52.9 Å². The van der Waals surface area contributed by atoms with E-state index in [4.69, 9.17) is 18.9 Å². The summed E-state index contributed by atoms with van der Waals surface area (Å²) in [6, 6.07) is 2.98. The molecule has 0 spiro atoms. The van der Waals surface area contributed by atoms with Gasteiger partial charge in [0.15, 0.2) is 11.5 Å². The maximum atomic E-state index is 13.4.